The van der Waals surface area contributed by atoms with E-state index in [1.165, 1.54) is 43.4 Å². The van der Waals surface area contributed by atoms with E-state index >= 15 is 0 Å². The number of aliphatic carboxylic acids is 1. The molecule has 3 N–H and O–H groups in total. The molecule has 1 amide bonds. The van der Waals surface area contributed by atoms with Crippen LogP contribution in [0.4, 0.5) is 5.69 Å². The Labute approximate surface area is 145 Å². The van der Waals surface area contributed by atoms with Crippen LogP contribution in [0.5, 0.6) is 0 Å². The Morgan fingerprint density at radius 1 is 1.04 bits per heavy atom. The number of aryl methyl sites for hydroxylation is 1. The molecule has 132 valence electrons. The van der Waals surface area contributed by atoms with E-state index in [0.717, 1.165) is 9.87 Å². The number of amides is 1. The Hall–Kier alpha value is -2.87. The first-order valence-electron chi connectivity index (χ1n) is 7.41. The largest absolute Gasteiger partial charge is 0.481 e. The Balaban J connectivity index is 2.21. The van der Waals surface area contributed by atoms with Gasteiger partial charge in [0, 0.05) is 19.0 Å². The molecule has 0 aliphatic rings. The van der Waals surface area contributed by atoms with E-state index < -0.39 is 21.9 Å². The lowest BCUT2D eigenvalue weighted by Crippen LogP contribution is -2.26. The number of benzene rings is 2. The van der Waals surface area contributed by atoms with Gasteiger partial charge in [0.25, 0.3) is 10.0 Å². The van der Waals surface area contributed by atoms with Crippen molar-refractivity contribution >= 4 is 27.6 Å². The topological polar surface area (TPSA) is 118 Å². The first kappa shape index (κ1) is 18.5. The van der Waals surface area contributed by atoms with Crippen LogP contribution in [0.2, 0.25) is 0 Å². The van der Waals surface area contributed by atoms with E-state index in [-0.39, 0.29) is 16.9 Å². The Morgan fingerprint density at radius 3 is 2.08 bits per heavy atom. The average Bonchev–Trinajstić information content (AvgIpc) is 2.59. The molecule has 0 radical (unpaired) electrons. The second-order valence-electron chi connectivity index (χ2n) is 5.42. The van der Waals surface area contributed by atoms with E-state index in [2.05, 4.69) is 0 Å². The summed E-state index contributed by atoms with van der Waals surface area (Å²) in [5, 5.41) is 8.68. The molecular formula is C17H18N2O5S. The van der Waals surface area contributed by atoms with Gasteiger partial charge in [-0.3, -0.25) is 13.9 Å². The summed E-state index contributed by atoms with van der Waals surface area (Å²) >= 11 is 0. The van der Waals surface area contributed by atoms with E-state index in [1.807, 2.05) is 0 Å². The lowest BCUT2D eigenvalue weighted by Gasteiger charge is -2.20. The third-order valence-corrected chi connectivity index (χ3v) is 5.52. The predicted octanol–water partition coefficient (Wildman–Crippen LogP) is 1.63. The van der Waals surface area contributed by atoms with Gasteiger partial charge >= 0.3 is 5.97 Å². The lowest BCUT2D eigenvalue weighted by atomic mass is 10.1. The van der Waals surface area contributed by atoms with Crippen LogP contribution in [-0.4, -0.2) is 32.4 Å². The summed E-state index contributed by atoms with van der Waals surface area (Å²) in [5.41, 5.74) is 6.59. The number of nitrogens with zero attached hydrogens (tertiary/aromatic N) is 1. The molecule has 8 heteroatoms. The van der Waals surface area contributed by atoms with Crippen LogP contribution in [0.1, 0.15) is 22.3 Å². The maximum Gasteiger partial charge on any atom is 0.303 e. The summed E-state index contributed by atoms with van der Waals surface area (Å²) in [4.78, 5) is 21.8. The number of hydrogen-bond donors (Lipinski definition) is 2. The highest BCUT2D eigenvalue weighted by molar-refractivity contribution is 7.92. The number of carboxylic acids is 1. The quantitative estimate of drug-likeness (QED) is 0.776. The number of carboxylic acid groups (broad SMARTS) is 1. The fourth-order valence-corrected chi connectivity index (χ4v) is 3.41. The number of nitrogens with two attached hydrogens (primary N) is 1. The number of carbonyl (C=O) groups excluding carboxylic acids is 1. The van der Waals surface area contributed by atoms with Crippen LogP contribution in [-0.2, 0) is 21.2 Å². The molecule has 0 aliphatic carbocycles. The van der Waals surface area contributed by atoms with Crippen LogP contribution in [0.15, 0.2) is 53.4 Å². The van der Waals surface area contributed by atoms with Gasteiger partial charge < -0.3 is 10.8 Å². The summed E-state index contributed by atoms with van der Waals surface area (Å²) < 4.78 is 26.4. The molecule has 0 aliphatic heterocycles. The van der Waals surface area contributed by atoms with Crippen molar-refractivity contribution < 1.29 is 23.1 Å². The SMILES string of the molecule is CN(c1ccc(C(N)=O)cc1)S(=O)(=O)c1ccc(CCC(=O)O)cc1. The van der Waals surface area contributed by atoms with Crippen molar-refractivity contribution in [3.63, 3.8) is 0 Å². The third kappa shape index (κ3) is 4.36. The molecule has 0 atom stereocenters. The number of hydrogen-bond acceptors (Lipinski definition) is 4. The van der Waals surface area contributed by atoms with Gasteiger partial charge in [-0.1, -0.05) is 12.1 Å². The van der Waals surface area contributed by atoms with Gasteiger partial charge in [0.2, 0.25) is 5.91 Å². The molecule has 0 saturated carbocycles. The molecule has 2 aromatic rings. The fraction of sp³-hybridized carbons (Fsp3) is 0.176. The minimum atomic E-state index is -3.77. The van der Waals surface area contributed by atoms with E-state index in [4.69, 9.17) is 10.8 Å². The highest BCUT2D eigenvalue weighted by Crippen LogP contribution is 2.23. The lowest BCUT2D eigenvalue weighted by molar-refractivity contribution is -0.136. The van der Waals surface area contributed by atoms with Gasteiger partial charge in [0.05, 0.1) is 10.6 Å². The first-order valence-corrected chi connectivity index (χ1v) is 8.85. The Bertz CT molecular complexity index is 874. The fourth-order valence-electron chi connectivity index (χ4n) is 2.21. The number of anilines is 1. The second-order valence-corrected chi connectivity index (χ2v) is 7.39. The Morgan fingerprint density at radius 2 is 1.60 bits per heavy atom. The van der Waals surface area contributed by atoms with Crippen LogP contribution >= 0.6 is 0 Å². The highest BCUT2D eigenvalue weighted by atomic mass is 32.2. The number of carbonyl (C=O) groups is 2. The number of sulfonamides is 1. The van der Waals surface area contributed by atoms with Crippen molar-refractivity contribution in [2.24, 2.45) is 5.73 Å². The van der Waals surface area contributed by atoms with Crippen molar-refractivity contribution in [2.45, 2.75) is 17.7 Å². The summed E-state index contributed by atoms with van der Waals surface area (Å²) in [6.45, 7) is 0. The molecular weight excluding hydrogens is 344 g/mol. The van der Waals surface area contributed by atoms with E-state index in [9.17, 15) is 18.0 Å². The number of primary amides is 1. The molecule has 0 heterocycles. The van der Waals surface area contributed by atoms with Crippen LogP contribution < -0.4 is 10.0 Å². The second kappa shape index (κ2) is 7.35. The summed E-state index contributed by atoms with van der Waals surface area (Å²) in [6, 6.07) is 12.0. The van der Waals surface area contributed by atoms with Gasteiger partial charge in [-0.2, -0.15) is 0 Å². The standard InChI is InChI=1S/C17H18N2O5S/c1-19(14-7-5-13(6-8-14)17(18)22)25(23,24)15-9-2-12(3-10-15)4-11-16(20)21/h2-3,5-10H,4,11H2,1H3,(H2,18,22)(H,20,21). The average molecular weight is 362 g/mol. The van der Waals surface area contributed by atoms with Gasteiger partial charge in [-0.05, 0) is 48.4 Å². The molecule has 0 fully saturated rings. The van der Waals surface area contributed by atoms with E-state index in [1.54, 1.807) is 12.1 Å². The monoisotopic (exact) mass is 362 g/mol. The molecule has 0 unspecified atom stereocenters. The molecule has 7 nitrogen and oxygen atoms in total. The van der Waals surface area contributed by atoms with Crippen molar-refractivity contribution in [3.05, 3.63) is 59.7 Å². The molecule has 0 spiro atoms. The Kier molecular flexibility index (Phi) is 5.43. The van der Waals surface area contributed by atoms with Crippen molar-refractivity contribution in [3.8, 4) is 0 Å². The van der Waals surface area contributed by atoms with Gasteiger partial charge in [0.1, 0.15) is 0 Å². The van der Waals surface area contributed by atoms with Gasteiger partial charge in [-0.25, -0.2) is 8.42 Å². The smallest absolute Gasteiger partial charge is 0.303 e. The summed E-state index contributed by atoms with van der Waals surface area (Å²) in [7, 11) is -2.36. The summed E-state index contributed by atoms with van der Waals surface area (Å²) in [5.74, 6) is -1.50. The normalized spacial score (nSPS) is 11.1. The highest BCUT2D eigenvalue weighted by Gasteiger charge is 2.21. The van der Waals surface area contributed by atoms with Crippen LogP contribution in [0.25, 0.3) is 0 Å². The summed E-state index contributed by atoms with van der Waals surface area (Å²) in [6.07, 6.45) is 0.318. The van der Waals surface area contributed by atoms with Gasteiger partial charge in [0.15, 0.2) is 0 Å². The third-order valence-electron chi connectivity index (χ3n) is 3.72. The number of rotatable bonds is 7. The molecule has 0 aromatic heterocycles. The van der Waals surface area contributed by atoms with Gasteiger partial charge in [-0.15, -0.1) is 0 Å². The first-order chi connectivity index (χ1) is 11.7. The van der Waals surface area contributed by atoms with E-state index in [0.29, 0.717) is 12.1 Å². The molecule has 0 saturated heterocycles. The maximum atomic E-state index is 12.7. The molecule has 2 aromatic carbocycles. The van der Waals surface area contributed by atoms with Crippen molar-refractivity contribution in [1.29, 1.82) is 0 Å². The molecule has 2 rings (SSSR count). The maximum absolute atomic E-state index is 12.7. The van der Waals surface area contributed by atoms with Crippen molar-refractivity contribution in [2.75, 3.05) is 11.4 Å². The minimum absolute atomic E-state index is 0.0157. The molecule has 25 heavy (non-hydrogen) atoms. The molecule has 0 bridgehead atoms. The van der Waals surface area contributed by atoms with Crippen molar-refractivity contribution in [1.82, 2.24) is 0 Å². The zero-order valence-corrected chi connectivity index (χ0v) is 14.4. The predicted molar refractivity (Wildman–Crippen MR) is 92.9 cm³/mol. The minimum Gasteiger partial charge on any atom is -0.481 e. The zero-order valence-electron chi connectivity index (χ0n) is 13.5. The zero-order chi connectivity index (χ0) is 18.6. The van der Waals surface area contributed by atoms with Crippen LogP contribution in [0.3, 0.4) is 0 Å². The van der Waals surface area contributed by atoms with Crippen LogP contribution in [0, 0.1) is 0 Å².